The lowest BCUT2D eigenvalue weighted by molar-refractivity contribution is -0.137. The van der Waals surface area contributed by atoms with E-state index in [0.717, 1.165) is 17.9 Å². The predicted molar refractivity (Wildman–Crippen MR) is 86.0 cm³/mol. The maximum absolute atomic E-state index is 12.7. The molecule has 3 rings (SSSR count). The second-order valence-corrected chi connectivity index (χ2v) is 5.85. The van der Waals surface area contributed by atoms with Crippen LogP contribution in [0.5, 0.6) is 0 Å². The Morgan fingerprint density at radius 2 is 1.88 bits per heavy atom. The quantitative estimate of drug-likeness (QED) is 0.916. The number of piperazine rings is 1. The van der Waals surface area contributed by atoms with E-state index in [1.807, 2.05) is 12.1 Å². The van der Waals surface area contributed by atoms with E-state index in [1.54, 1.807) is 11.2 Å². The highest BCUT2D eigenvalue weighted by Gasteiger charge is 2.30. The zero-order chi connectivity index (χ0) is 17.9. The Kier molecular flexibility index (Phi) is 4.98. The third-order valence-electron chi connectivity index (χ3n) is 4.06. The molecule has 0 radical (unpaired) electrons. The van der Waals surface area contributed by atoms with Gasteiger partial charge in [0.2, 0.25) is 0 Å². The molecule has 0 unspecified atom stereocenters. The number of amides is 2. The smallest absolute Gasteiger partial charge is 0.416 e. The summed E-state index contributed by atoms with van der Waals surface area (Å²) in [5.74, 6) is 0.863. The first-order valence-corrected chi connectivity index (χ1v) is 7.90. The van der Waals surface area contributed by atoms with Crippen molar-refractivity contribution in [2.45, 2.75) is 12.7 Å². The van der Waals surface area contributed by atoms with Crippen LogP contribution in [0.1, 0.15) is 11.3 Å². The van der Waals surface area contributed by atoms with Crippen LogP contribution in [-0.4, -0.2) is 42.0 Å². The van der Waals surface area contributed by atoms with Crippen LogP contribution in [-0.2, 0) is 12.7 Å². The second kappa shape index (κ2) is 7.18. The zero-order valence-corrected chi connectivity index (χ0v) is 13.4. The number of hydrogen-bond acceptors (Lipinski definition) is 3. The van der Waals surface area contributed by atoms with Gasteiger partial charge in [0.15, 0.2) is 0 Å². The van der Waals surface area contributed by atoms with Crippen molar-refractivity contribution in [1.82, 2.24) is 9.80 Å². The van der Waals surface area contributed by atoms with Gasteiger partial charge in [0.05, 0.1) is 18.4 Å². The largest absolute Gasteiger partial charge is 0.468 e. The summed E-state index contributed by atoms with van der Waals surface area (Å²) in [5, 5.41) is 2.53. The van der Waals surface area contributed by atoms with Gasteiger partial charge in [-0.2, -0.15) is 13.2 Å². The van der Waals surface area contributed by atoms with Crippen LogP contribution in [0, 0.1) is 0 Å². The number of anilines is 1. The molecule has 1 aliphatic rings. The lowest BCUT2D eigenvalue weighted by Crippen LogP contribution is -2.49. The Morgan fingerprint density at radius 3 is 2.52 bits per heavy atom. The minimum atomic E-state index is -4.43. The molecule has 8 heteroatoms. The van der Waals surface area contributed by atoms with E-state index in [-0.39, 0.29) is 5.69 Å². The van der Waals surface area contributed by atoms with Crippen molar-refractivity contribution in [2.75, 3.05) is 31.5 Å². The number of carbonyl (C=O) groups is 1. The molecule has 0 spiro atoms. The monoisotopic (exact) mass is 353 g/mol. The van der Waals surface area contributed by atoms with Crippen molar-refractivity contribution in [2.24, 2.45) is 0 Å². The van der Waals surface area contributed by atoms with Gasteiger partial charge < -0.3 is 14.6 Å². The molecule has 1 N–H and O–H groups in total. The SMILES string of the molecule is O=C(Nc1cccc(C(F)(F)F)c1)N1CCN(Cc2ccco2)CC1. The molecule has 134 valence electrons. The van der Waals surface area contributed by atoms with Crippen LogP contribution < -0.4 is 5.32 Å². The summed E-state index contributed by atoms with van der Waals surface area (Å²) in [7, 11) is 0. The fraction of sp³-hybridized carbons (Fsp3) is 0.353. The van der Waals surface area contributed by atoms with Crippen LogP contribution in [0.4, 0.5) is 23.7 Å². The Labute approximate surface area is 143 Å². The van der Waals surface area contributed by atoms with E-state index in [0.29, 0.717) is 32.7 Å². The minimum absolute atomic E-state index is 0.137. The minimum Gasteiger partial charge on any atom is -0.468 e. The van der Waals surface area contributed by atoms with Crippen molar-refractivity contribution >= 4 is 11.7 Å². The van der Waals surface area contributed by atoms with Gasteiger partial charge in [-0.25, -0.2) is 4.79 Å². The molecular formula is C17H18F3N3O2. The third-order valence-corrected chi connectivity index (χ3v) is 4.06. The number of hydrogen-bond donors (Lipinski definition) is 1. The first-order chi connectivity index (χ1) is 11.9. The van der Waals surface area contributed by atoms with Gasteiger partial charge in [0, 0.05) is 31.9 Å². The molecule has 2 aromatic rings. The van der Waals surface area contributed by atoms with Crippen LogP contribution in [0.2, 0.25) is 0 Å². The number of benzene rings is 1. The second-order valence-electron chi connectivity index (χ2n) is 5.85. The molecule has 1 aromatic carbocycles. The Morgan fingerprint density at radius 1 is 1.12 bits per heavy atom. The van der Waals surface area contributed by atoms with Crippen molar-refractivity contribution in [3.63, 3.8) is 0 Å². The zero-order valence-electron chi connectivity index (χ0n) is 13.4. The van der Waals surface area contributed by atoms with Crippen molar-refractivity contribution in [3.05, 3.63) is 54.0 Å². The average Bonchev–Trinajstić information content (AvgIpc) is 3.08. The van der Waals surface area contributed by atoms with Gasteiger partial charge in [0.25, 0.3) is 0 Å². The number of halogens is 3. The molecule has 2 heterocycles. The molecule has 1 aliphatic heterocycles. The van der Waals surface area contributed by atoms with E-state index >= 15 is 0 Å². The maximum Gasteiger partial charge on any atom is 0.416 e. The Bertz CT molecular complexity index is 708. The molecule has 1 aromatic heterocycles. The molecule has 0 saturated carbocycles. The summed E-state index contributed by atoms with van der Waals surface area (Å²) < 4.78 is 43.5. The molecule has 5 nitrogen and oxygen atoms in total. The number of nitrogens with zero attached hydrogens (tertiary/aromatic N) is 2. The van der Waals surface area contributed by atoms with Crippen molar-refractivity contribution in [3.8, 4) is 0 Å². The molecule has 0 atom stereocenters. The number of carbonyl (C=O) groups excluding carboxylic acids is 1. The highest BCUT2D eigenvalue weighted by molar-refractivity contribution is 5.89. The van der Waals surface area contributed by atoms with Crippen molar-refractivity contribution in [1.29, 1.82) is 0 Å². The lowest BCUT2D eigenvalue weighted by atomic mass is 10.2. The summed E-state index contributed by atoms with van der Waals surface area (Å²) in [6.45, 7) is 3.04. The number of alkyl halides is 3. The number of rotatable bonds is 3. The first-order valence-electron chi connectivity index (χ1n) is 7.90. The van der Waals surface area contributed by atoms with Gasteiger partial charge in [-0.15, -0.1) is 0 Å². The first kappa shape index (κ1) is 17.3. The van der Waals surface area contributed by atoms with Crippen LogP contribution in [0.3, 0.4) is 0 Å². The van der Waals surface area contributed by atoms with Crippen molar-refractivity contribution < 1.29 is 22.4 Å². The highest BCUT2D eigenvalue weighted by atomic mass is 19.4. The molecular weight excluding hydrogens is 335 g/mol. The fourth-order valence-corrected chi connectivity index (χ4v) is 2.71. The lowest BCUT2D eigenvalue weighted by Gasteiger charge is -2.34. The predicted octanol–water partition coefficient (Wildman–Crippen LogP) is 3.65. The van der Waals surface area contributed by atoms with Gasteiger partial charge in [-0.3, -0.25) is 4.90 Å². The van der Waals surface area contributed by atoms with E-state index in [2.05, 4.69) is 10.2 Å². The highest BCUT2D eigenvalue weighted by Crippen LogP contribution is 2.30. The fourth-order valence-electron chi connectivity index (χ4n) is 2.71. The standard InChI is InChI=1S/C17H18F3N3O2/c18-17(19,20)13-3-1-4-14(11-13)21-16(24)23-8-6-22(7-9-23)12-15-5-2-10-25-15/h1-5,10-11H,6-9,12H2,(H,21,24). The van der Waals surface area contributed by atoms with Gasteiger partial charge in [-0.05, 0) is 30.3 Å². The normalized spacial score (nSPS) is 16.0. The van der Waals surface area contributed by atoms with Gasteiger partial charge in [-0.1, -0.05) is 6.07 Å². The van der Waals surface area contributed by atoms with E-state index in [4.69, 9.17) is 4.42 Å². The van der Waals surface area contributed by atoms with E-state index in [9.17, 15) is 18.0 Å². The summed E-state index contributed by atoms with van der Waals surface area (Å²) >= 11 is 0. The van der Waals surface area contributed by atoms with E-state index in [1.165, 1.54) is 12.1 Å². The number of nitrogens with one attached hydrogen (secondary N) is 1. The molecule has 0 aliphatic carbocycles. The van der Waals surface area contributed by atoms with Gasteiger partial charge in [0.1, 0.15) is 5.76 Å². The van der Waals surface area contributed by atoms with Crippen LogP contribution in [0.15, 0.2) is 47.1 Å². The number of furan rings is 1. The molecule has 1 saturated heterocycles. The molecule has 1 fully saturated rings. The molecule has 25 heavy (non-hydrogen) atoms. The third kappa shape index (κ3) is 4.54. The van der Waals surface area contributed by atoms with Gasteiger partial charge >= 0.3 is 12.2 Å². The van der Waals surface area contributed by atoms with E-state index < -0.39 is 17.8 Å². The Balaban J connectivity index is 1.53. The van der Waals surface area contributed by atoms with Crippen LogP contribution in [0.25, 0.3) is 0 Å². The number of urea groups is 1. The summed E-state index contributed by atoms with van der Waals surface area (Å²) in [4.78, 5) is 16.0. The summed E-state index contributed by atoms with van der Waals surface area (Å²) in [6.07, 6.45) is -2.81. The topological polar surface area (TPSA) is 48.7 Å². The molecule has 0 bridgehead atoms. The molecule has 2 amide bonds. The van der Waals surface area contributed by atoms with Crippen LogP contribution >= 0.6 is 0 Å². The maximum atomic E-state index is 12.7. The average molecular weight is 353 g/mol. The summed E-state index contributed by atoms with van der Waals surface area (Å²) in [5.41, 5.74) is -0.647. The summed E-state index contributed by atoms with van der Waals surface area (Å²) in [6, 6.07) is 7.96. The Hall–Kier alpha value is -2.48.